The number of ether oxygens (including phenoxy) is 1. The van der Waals surface area contributed by atoms with E-state index < -0.39 is 11.7 Å². The van der Waals surface area contributed by atoms with Gasteiger partial charge in [-0.1, -0.05) is 0 Å². The molecule has 0 bridgehead atoms. The molecule has 134 valence electrons. The van der Waals surface area contributed by atoms with Gasteiger partial charge in [-0.2, -0.15) is 0 Å². The molecule has 7 heteroatoms. The molecule has 0 saturated carbocycles. The molecule has 0 aromatic rings. The quantitative estimate of drug-likeness (QED) is 0.461. The van der Waals surface area contributed by atoms with Crippen molar-refractivity contribution in [2.24, 2.45) is 0 Å². The maximum absolute atomic E-state index is 11.4. The number of carbonyl (C=O) groups is 1. The predicted octanol–water partition coefficient (Wildman–Crippen LogP) is 1.85. The lowest BCUT2D eigenvalue weighted by Crippen LogP contribution is -2.41. The Morgan fingerprint density at radius 3 is 2.30 bits per heavy atom. The second-order valence-electron chi connectivity index (χ2n) is 6.87. The third kappa shape index (κ3) is 11.1. The van der Waals surface area contributed by atoms with Crippen LogP contribution in [0.25, 0.3) is 0 Å². The fourth-order valence-electron chi connectivity index (χ4n) is 2.39. The summed E-state index contributed by atoms with van der Waals surface area (Å²) in [6.07, 6.45) is 4.62. The Labute approximate surface area is 145 Å². The minimum atomic E-state index is -0.469. The molecule has 1 aliphatic heterocycles. The lowest BCUT2D eigenvalue weighted by atomic mass is 10.2. The third-order valence-electron chi connectivity index (χ3n) is 3.46. The Hall–Kier alpha value is -1.08. The molecular formula is C16H32N4O2S. The van der Waals surface area contributed by atoms with Gasteiger partial charge in [0.1, 0.15) is 5.60 Å². The summed E-state index contributed by atoms with van der Waals surface area (Å²) in [6, 6.07) is 0. The van der Waals surface area contributed by atoms with Crippen LogP contribution < -0.4 is 16.0 Å². The van der Waals surface area contributed by atoms with Crippen LogP contribution in [0, 0.1) is 0 Å². The first-order valence-corrected chi connectivity index (χ1v) is 8.98. The van der Waals surface area contributed by atoms with E-state index in [1.165, 1.54) is 38.9 Å². The molecule has 1 saturated heterocycles. The summed E-state index contributed by atoms with van der Waals surface area (Å²) < 4.78 is 5.15. The van der Waals surface area contributed by atoms with Gasteiger partial charge in [-0.25, -0.2) is 4.79 Å². The molecule has 1 amide bonds. The van der Waals surface area contributed by atoms with Crippen molar-refractivity contribution < 1.29 is 9.53 Å². The number of carbonyl (C=O) groups excluding carboxylic acids is 1. The molecule has 6 nitrogen and oxygen atoms in total. The van der Waals surface area contributed by atoms with Crippen molar-refractivity contribution in [2.75, 3.05) is 39.3 Å². The number of hydrogen-bond acceptors (Lipinski definition) is 4. The molecule has 0 aromatic heterocycles. The van der Waals surface area contributed by atoms with Crippen LogP contribution in [0.5, 0.6) is 0 Å². The molecule has 0 unspecified atom stereocenters. The van der Waals surface area contributed by atoms with E-state index in [1.54, 1.807) is 0 Å². The average Bonchev–Trinajstić information content (AvgIpc) is 2.94. The Morgan fingerprint density at radius 1 is 1.04 bits per heavy atom. The van der Waals surface area contributed by atoms with E-state index in [9.17, 15) is 4.79 Å². The molecule has 1 rings (SSSR count). The third-order valence-corrected chi connectivity index (χ3v) is 3.75. The van der Waals surface area contributed by atoms with Crippen molar-refractivity contribution in [3.8, 4) is 0 Å². The van der Waals surface area contributed by atoms with E-state index in [4.69, 9.17) is 17.0 Å². The van der Waals surface area contributed by atoms with Gasteiger partial charge < -0.3 is 25.6 Å². The van der Waals surface area contributed by atoms with Crippen LogP contribution in [-0.2, 0) is 4.74 Å². The van der Waals surface area contributed by atoms with Crippen LogP contribution >= 0.6 is 12.2 Å². The summed E-state index contributed by atoms with van der Waals surface area (Å²) >= 11 is 5.20. The summed E-state index contributed by atoms with van der Waals surface area (Å²) in [5, 5.41) is 9.59. The van der Waals surface area contributed by atoms with Crippen molar-refractivity contribution in [1.82, 2.24) is 20.9 Å². The molecule has 0 aliphatic carbocycles. The van der Waals surface area contributed by atoms with Crippen LogP contribution in [0.3, 0.4) is 0 Å². The largest absolute Gasteiger partial charge is 0.444 e. The summed E-state index contributed by atoms with van der Waals surface area (Å²) in [6.45, 7) is 11.2. The number of nitrogens with zero attached hydrogens (tertiary/aromatic N) is 1. The van der Waals surface area contributed by atoms with E-state index >= 15 is 0 Å². The summed E-state index contributed by atoms with van der Waals surface area (Å²) in [5.41, 5.74) is -0.469. The average molecular weight is 345 g/mol. The highest BCUT2D eigenvalue weighted by atomic mass is 32.1. The fraction of sp³-hybridized carbons (Fsp3) is 0.875. The fourth-order valence-corrected chi connectivity index (χ4v) is 2.59. The maximum atomic E-state index is 11.4. The molecule has 3 N–H and O–H groups in total. The highest BCUT2D eigenvalue weighted by molar-refractivity contribution is 7.80. The first-order valence-electron chi connectivity index (χ1n) is 8.58. The van der Waals surface area contributed by atoms with Crippen LogP contribution in [0.15, 0.2) is 0 Å². The molecule has 1 aliphatic rings. The van der Waals surface area contributed by atoms with Crippen molar-refractivity contribution in [1.29, 1.82) is 0 Å². The van der Waals surface area contributed by atoms with Crippen molar-refractivity contribution in [3.05, 3.63) is 0 Å². The summed E-state index contributed by atoms with van der Waals surface area (Å²) in [4.78, 5) is 14.0. The number of rotatable bonds is 8. The number of nitrogens with one attached hydrogen (secondary N) is 3. The number of unbranched alkanes of at least 4 members (excludes halogenated alkanes) is 1. The second-order valence-corrected chi connectivity index (χ2v) is 7.28. The molecule has 23 heavy (non-hydrogen) atoms. The van der Waals surface area contributed by atoms with E-state index in [0.29, 0.717) is 18.2 Å². The molecule has 0 spiro atoms. The Kier molecular flexibility index (Phi) is 9.24. The smallest absolute Gasteiger partial charge is 0.407 e. The second kappa shape index (κ2) is 10.6. The zero-order chi connectivity index (χ0) is 17.1. The molecular weight excluding hydrogens is 312 g/mol. The van der Waals surface area contributed by atoms with Crippen LogP contribution in [0.1, 0.15) is 46.5 Å². The standard InChI is InChI=1S/C16H32N4O2S/c1-16(2,3)22-15(21)19-10-9-18-14(23)17-8-4-5-11-20-12-6-7-13-20/h4-13H2,1-3H3,(H,19,21)(H2,17,18,23). The number of thiocarbonyl (C=S) groups is 1. The number of amides is 1. The van der Waals surface area contributed by atoms with Crippen LogP contribution in [-0.4, -0.2) is 61.0 Å². The minimum absolute atomic E-state index is 0.403. The normalized spacial score (nSPS) is 15.3. The molecule has 1 fully saturated rings. The van der Waals surface area contributed by atoms with Crippen LogP contribution in [0.2, 0.25) is 0 Å². The van der Waals surface area contributed by atoms with Crippen molar-refractivity contribution >= 4 is 23.4 Å². The molecule has 0 atom stereocenters. The Bertz CT molecular complexity index is 366. The maximum Gasteiger partial charge on any atom is 0.407 e. The summed E-state index contributed by atoms with van der Waals surface area (Å²) in [5.74, 6) is 0. The Balaban J connectivity index is 1.90. The number of likely N-dealkylation sites (tertiary alicyclic amines) is 1. The highest BCUT2D eigenvalue weighted by Gasteiger charge is 2.15. The van der Waals surface area contributed by atoms with E-state index in [2.05, 4.69) is 20.9 Å². The lowest BCUT2D eigenvalue weighted by Gasteiger charge is -2.19. The van der Waals surface area contributed by atoms with Gasteiger partial charge in [0.2, 0.25) is 0 Å². The minimum Gasteiger partial charge on any atom is -0.444 e. The van der Waals surface area contributed by atoms with E-state index in [0.717, 1.165) is 13.0 Å². The van der Waals surface area contributed by atoms with Gasteiger partial charge in [0.25, 0.3) is 0 Å². The number of alkyl carbamates (subject to hydrolysis) is 1. The summed E-state index contributed by atoms with van der Waals surface area (Å²) in [7, 11) is 0. The molecule has 0 aromatic carbocycles. The zero-order valence-electron chi connectivity index (χ0n) is 14.7. The van der Waals surface area contributed by atoms with Gasteiger partial charge in [-0.3, -0.25) is 0 Å². The topological polar surface area (TPSA) is 65.6 Å². The van der Waals surface area contributed by atoms with Gasteiger partial charge in [0, 0.05) is 19.6 Å². The Morgan fingerprint density at radius 2 is 1.65 bits per heavy atom. The van der Waals surface area contributed by atoms with Gasteiger partial charge >= 0.3 is 6.09 Å². The predicted molar refractivity (Wildman–Crippen MR) is 97.7 cm³/mol. The van der Waals surface area contributed by atoms with Gasteiger partial charge in [0.05, 0.1) is 0 Å². The molecule has 0 radical (unpaired) electrons. The SMILES string of the molecule is CC(C)(C)OC(=O)NCCNC(=S)NCCCCN1CCCC1. The van der Waals surface area contributed by atoms with E-state index in [-0.39, 0.29) is 0 Å². The highest BCUT2D eigenvalue weighted by Crippen LogP contribution is 2.08. The van der Waals surface area contributed by atoms with Gasteiger partial charge in [-0.05, 0) is 78.3 Å². The molecule has 1 heterocycles. The van der Waals surface area contributed by atoms with Crippen LogP contribution in [0.4, 0.5) is 4.79 Å². The first-order chi connectivity index (χ1) is 10.9. The lowest BCUT2D eigenvalue weighted by molar-refractivity contribution is 0.0529. The van der Waals surface area contributed by atoms with Crippen molar-refractivity contribution in [3.63, 3.8) is 0 Å². The monoisotopic (exact) mass is 344 g/mol. The van der Waals surface area contributed by atoms with E-state index in [1.807, 2.05) is 20.8 Å². The first kappa shape index (κ1) is 20.0. The zero-order valence-corrected chi connectivity index (χ0v) is 15.6. The van der Waals surface area contributed by atoms with Crippen molar-refractivity contribution in [2.45, 2.75) is 52.1 Å². The van der Waals surface area contributed by atoms with Gasteiger partial charge in [0.15, 0.2) is 5.11 Å². The number of hydrogen-bond donors (Lipinski definition) is 3. The van der Waals surface area contributed by atoms with Gasteiger partial charge in [-0.15, -0.1) is 0 Å².